The van der Waals surface area contributed by atoms with Crippen LogP contribution in [0.1, 0.15) is 46.1 Å². The van der Waals surface area contributed by atoms with Crippen LogP contribution in [0.4, 0.5) is 0 Å². The molecular formula is C22H33N5O2. The summed E-state index contributed by atoms with van der Waals surface area (Å²) in [5.74, 6) is -0.145. The molecule has 0 spiro atoms. The summed E-state index contributed by atoms with van der Waals surface area (Å²) in [6.07, 6.45) is 6.51. The van der Waals surface area contributed by atoms with Crippen molar-refractivity contribution in [2.75, 3.05) is 13.6 Å². The minimum absolute atomic E-state index is 0.00891. The largest absolute Gasteiger partial charge is 0.346 e. The average molecular weight is 400 g/mol. The minimum atomic E-state index is -0.559. The number of aromatic amines is 1. The predicted octanol–water partition coefficient (Wildman–Crippen LogP) is 2.24. The Morgan fingerprint density at radius 1 is 1.38 bits per heavy atom. The van der Waals surface area contributed by atoms with Crippen molar-refractivity contribution in [3.63, 3.8) is 0 Å². The maximum atomic E-state index is 13.5. The second-order valence-electron chi connectivity index (χ2n) is 9.06. The first-order chi connectivity index (χ1) is 13.7. The molecule has 1 aliphatic heterocycles. The Bertz CT molecular complexity index is 869. The molecule has 0 aliphatic carbocycles. The van der Waals surface area contributed by atoms with Crippen LogP contribution in [-0.2, 0) is 16.0 Å². The van der Waals surface area contributed by atoms with Crippen molar-refractivity contribution in [1.82, 2.24) is 25.5 Å². The Morgan fingerprint density at radius 3 is 2.83 bits per heavy atom. The molecule has 3 rings (SSSR count). The molecule has 2 aromatic rings. The van der Waals surface area contributed by atoms with Gasteiger partial charge >= 0.3 is 0 Å². The number of likely N-dealkylation sites (N-methyl/N-ethyl adjacent to an activating group) is 1. The van der Waals surface area contributed by atoms with Gasteiger partial charge in [-0.15, -0.1) is 0 Å². The Balaban J connectivity index is 1.78. The molecule has 0 unspecified atom stereocenters. The number of likely N-dealkylation sites (tertiary alicyclic amines) is 1. The summed E-state index contributed by atoms with van der Waals surface area (Å²) >= 11 is 0. The normalized spacial score (nSPS) is 19.3. The highest BCUT2D eigenvalue weighted by Gasteiger charge is 2.40. The van der Waals surface area contributed by atoms with Gasteiger partial charge in [-0.05, 0) is 56.3 Å². The predicted molar refractivity (Wildman–Crippen MR) is 114 cm³/mol. The molecular weight excluding hydrogens is 366 g/mol. The number of amides is 2. The van der Waals surface area contributed by atoms with Crippen LogP contribution in [0.5, 0.6) is 0 Å². The fourth-order valence-electron chi connectivity index (χ4n) is 3.99. The molecule has 3 atom stereocenters. The number of pyridine rings is 1. The lowest BCUT2D eigenvalue weighted by atomic mass is 9.85. The average Bonchev–Trinajstić information content (AvgIpc) is 3.31. The molecule has 29 heavy (non-hydrogen) atoms. The van der Waals surface area contributed by atoms with Gasteiger partial charge in [-0.25, -0.2) is 4.98 Å². The third kappa shape index (κ3) is 4.61. The van der Waals surface area contributed by atoms with Gasteiger partial charge in [0, 0.05) is 30.4 Å². The van der Waals surface area contributed by atoms with E-state index in [1.165, 1.54) is 5.56 Å². The lowest BCUT2D eigenvalue weighted by Gasteiger charge is -2.36. The van der Waals surface area contributed by atoms with Crippen molar-refractivity contribution in [3.05, 3.63) is 30.1 Å². The molecule has 1 saturated heterocycles. The van der Waals surface area contributed by atoms with E-state index in [4.69, 9.17) is 0 Å². The van der Waals surface area contributed by atoms with Crippen LogP contribution in [0, 0.1) is 5.41 Å². The monoisotopic (exact) mass is 399 g/mol. The van der Waals surface area contributed by atoms with Crippen LogP contribution in [0.2, 0.25) is 0 Å². The van der Waals surface area contributed by atoms with Gasteiger partial charge in [-0.1, -0.05) is 20.8 Å². The molecule has 0 radical (unpaired) electrons. The molecule has 2 aromatic heterocycles. The Hall–Kier alpha value is -2.41. The molecule has 0 aromatic carbocycles. The van der Waals surface area contributed by atoms with Crippen molar-refractivity contribution < 1.29 is 9.59 Å². The zero-order valence-corrected chi connectivity index (χ0v) is 18.1. The number of hydrogen-bond donors (Lipinski definition) is 3. The summed E-state index contributed by atoms with van der Waals surface area (Å²) in [4.78, 5) is 35.5. The summed E-state index contributed by atoms with van der Waals surface area (Å²) < 4.78 is 0. The number of fused-ring (bicyclic) bond motifs is 1. The van der Waals surface area contributed by atoms with E-state index in [-0.39, 0.29) is 29.3 Å². The number of hydrogen-bond acceptors (Lipinski definition) is 4. The van der Waals surface area contributed by atoms with Gasteiger partial charge in [0.2, 0.25) is 11.8 Å². The number of carbonyl (C=O) groups excluding carboxylic acids is 2. The maximum absolute atomic E-state index is 13.5. The molecule has 1 fully saturated rings. The zero-order valence-electron chi connectivity index (χ0n) is 18.1. The first kappa shape index (κ1) is 21.3. The van der Waals surface area contributed by atoms with Gasteiger partial charge in [0.15, 0.2) is 0 Å². The van der Waals surface area contributed by atoms with E-state index in [1.807, 2.05) is 37.9 Å². The van der Waals surface area contributed by atoms with Crippen LogP contribution in [0.3, 0.4) is 0 Å². The van der Waals surface area contributed by atoms with Gasteiger partial charge < -0.3 is 20.5 Å². The molecule has 2 amide bonds. The van der Waals surface area contributed by atoms with Gasteiger partial charge in [0.1, 0.15) is 11.7 Å². The molecule has 3 N–H and O–H groups in total. The smallest absolute Gasteiger partial charge is 0.245 e. The first-order valence-corrected chi connectivity index (χ1v) is 10.4. The Morgan fingerprint density at radius 2 is 2.14 bits per heavy atom. The van der Waals surface area contributed by atoms with Crippen molar-refractivity contribution >= 4 is 22.8 Å². The number of rotatable bonds is 6. The van der Waals surface area contributed by atoms with E-state index in [1.54, 1.807) is 20.2 Å². The third-order valence-electron chi connectivity index (χ3n) is 5.88. The number of H-pyrrole nitrogens is 1. The van der Waals surface area contributed by atoms with Gasteiger partial charge in [-0.3, -0.25) is 9.59 Å². The summed E-state index contributed by atoms with van der Waals surface area (Å²) in [6.45, 7) is 8.51. The second-order valence-corrected chi connectivity index (χ2v) is 9.06. The highest BCUT2D eigenvalue weighted by Crippen LogP contribution is 2.28. The van der Waals surface area contributed by atoms with E-state index in [0.29, 0.717) is 0 Å². The van der Waals surface area contributed by atoms with Crippen LogP contribution in [0.25, 0.3) is 11.0 Å². The number of nitrogens with zero attached hydrogens (tertiary/aromatic N) is 2. The molecule has 7 nitrogen and oxygen atoms in total. The SMILES string of the molecule is CN[C@@H](C)C(=O)N[C@H](C(=O)N1CCC[C@@H]1Cc1c[nH]c2ncccc12)C(C)(C)C. The lowest BCUT2D eigenvalue weighted by molar-refractivity contribution is -0.140. The van der Waals surface area contributed by atoms with Gasteiger partial charge in [-0.2, -0.15) is 0 Å². The van der Waals surface area contributed by atoms with Crippen LogP contribution < -0.4 is 10.6 Å². The van der Waals surface area contributed by atoms with Crippen molar-refractivity contribution in [2.24, 2.45) is 5.41 Å². The minimum Gasteiger partial charge on any atom is -0.346 e. The number of carbonyl (C=O) groups is 2. The fourth-order valence-corrected chi connectivity index (χ4v) is 3.99. The number of aromatic nitrogens is 2. The molecule has 7 heteroatoms. The molecule has 0 saturated carbocycles. The topological polar surface area (TPSA) is 90.1 Å². The standard InChI is InChI=1S/C22H33N5O2/c1-14(23-5)20(28)26-18(22(2,3)4)21(29)27-11-7-8-16(27)12-15-13-25-19-17(15)9-6-10-24-19/h6,9-10,13-14,16,18,23H,7-8,11-12H2,1-5H3,(H,24,25)(H,26,28)/t14-,16+,18+/m0/s1. The quantitative estimate of drug-likeness (QED) is 0.695. The summed E-state index contributed by atoms with van der Waals surface area (Å²) in [6, 6.07) is 3.22. The second kappa shape index (κ2) is 8.53. The van der Waals surface area contributed by atoms with Gasteiger partial charge in [0.05, 0.1) is 6.04 Å². The Kier molecular flexibility index (Phi) is 6.27. The van der Waals surface area contributed by atoms with E-state index in [2.05, 4.69) is 26.7 Å². The maximum Gasteiger partial charge on any atom is 0.245 e. The summed E-state index contributed by atoms with van der Waals surface area (Å²) in [7, 11) is 1.74. The van der Waals surface area contributed by atoms with E-state index >= 15 is 0 Å². The van der Waals surface area contributed by atoms with E-state index < -0.39 is 6.04 Å². The van der Waals surface area contributed by atoms with Gasteiger partial charge in [0.25, 0.3) is 0 Å². The van der Waals surface area contributed by atoms with Crippen LogP contribution in [-0.4, -0.2) is 58.4 Å². The molecule has 158 valence electrons. The molecule has 1 aliphatic rings. The number of nitrogens with one attached hydrogen (secondary N) is 3. The van der Waals surface area contributed by atoms with Crippen molar-refractivity contribution in [1.29, 1.82) is 0 Å². The molecule has 0 bridgehead atoms. The molecule has 3 heterocycles. The lowest BCUT2D eigenvalue weighted by Crippen LogP contribution is -2.58. The summed E-state index contributed by atoms with van der Waals surface area (Å²) in [5.41, 5.74) is 1.68. The Labute approximate surface area is 172 Å². The highest BCUT2D eigenvalue weighted by atomic mass is 16.2. The fraction of sp³-hybridized carbons (Fsp3) is 0.591. The van der Waals surface area contributed by atoms with Crippen LogP contribution >= 0.6 is 0 Å². The van der Waals surface area contributed by atoms with Crippen molar-refractivity contribution in [3.8, 4) is 0 Å². The first-order valence-electron chi connectivity index (χ1n) is 10.4. The zero-order chi connectivity index (χ0) is 21.2. The van der Waals surface area contributed by atoms with Crippen LogP contribution in [0.15, 0.2) is 24.5 Å². The highest BCUT2D eigenvalue weighted by molar-refractivity contribution is 5.90. The van der Waals surface area contributed by atoms with Crippen molar-refractivity contribution in [2.45, 2.75) is 65.1 Å². The van der Waals surface area contributed by atoms with E-state index in [9.17, 15) is 9.59 Å². The van der Waals surface area contributed by atoms with E-state index in [0.717, 1.165) is 36.8 Å². The third-order valence-corrected chi connectivity index (χ3v) is 5.88. The summed E-state index contributed by atoms with van der Waals surface area (Å²) in [5, 5.41) is 7.03.